The fraction of sp³-hybridized carbons (Fsp3) is 0.538. The molecule has 7 heteroatoms. The van der Waals surface area contributed by atoms with Crippen molar-refractivity contribution in [1.29, 1.82) is 0 Å². The molecule has 0 unspecified atom stereocenters. The highest BCUT2D eigenvalue weighted by atomic mass is 35.5. The van der Waals surface area contributed by atoms with Gasteiger partial charge in [0.1, 0.15) is 5.56 Å². The van der Waals surface area contributed by atoms with E-state index >= 15 is 0 Å². The van der Waals surface area contributed by atoms with Crippen molar-refractivity contribution in [2.45, 2.75) is 26.7 Å². The van der Waals surface area contributed by atoms with Crippen molar-refractivity contribution in [3.8, 4) is 0 Å². The molecule has 6 nitrogen and oxygen atoms in total. The first-order chi connectivity index (χ1) is 9.32. The number of carbonyl (C=O) groups excluding carboxylic acids is 1. The Balaban J connectivity index is 2.34. The average molecular weight is 298 g/mol. The summed E-state index contributed by atoms with van der Waals surface area (Å²) in [5.41, 5.74) is -0.380. The van der Waals surface area contributed by atoms with Gasteiger partial charge in [-0.05, 0) is 24.3 Å². The Morgan fingerprint density at radius 1 is 1.55 bits per heavy atom. The van der Waals surface area contributed by atoms with Crippen molar-refractivity contribution in [2.75, 3.05) is 13.1 Å². The Bertz CT molecular complexity index is 560. The smallest absolute Gasteiger partial charge is 0.319 e. The third kappa shape index (κ3) is 2.90. The molecule has 0 saturated carbocycles. The predicted molar refractivity (Wildman–Crippen MR) is 74.8 cm³/mol. The van der Waals surface area contributed by atoms with Gasteiger partial charge in [0.15, 0.2) is 0 Å². The summed E-state index contributed by atoms with van der Waals surface area (Å²) in [7, 11) is 0. The van der Waals surface area contributed by atoms with Crippen LogP contribution in [-0.2, 0) is 0 Å². The molecular formula is C13H16ClN3O3. The minimum absolute atomic E-state index is 0.00713. The van der Waals surface area contributed by atoms with Crippen LogP contribution in [0.15, 0.2) is 12.3 Å². The van der Waals surface area contributed by atoms with Gasteiger partial charge in [0.2, 0.25) is 5.15 Å². The molecule has 0 atom stereocenters. The van der Waals surface area contributed by atoms with E-state index in [9.17, 15) is 14.9 Å². The molecule has 0 N–H and O–H groups in total. The topological polar surface area (TPSA) is 76.3 Å². The first kappa shape index (κ1) is 14.7. The number of amides is 1. The third-order valence-corrected chi connectivity index (χ3v) is 3.76. The standard InChI is InChI=1S/C13H16ClN3O3/c1-13(2)5-3-7-16(8-13)12(18)9-4-6-15-11(14)10(9)17(19)20/h4,6H,3,5,7-8H2,1-2H3. The van der Waals surface area contributed by atoms with E-state index < -0.39 is 10.6 Å². The minimum Gasteiger partial charge on any atom is -0.338 e. The van der Waals surface area contributed by atoms with Gasteiger partial charge in [-0.2, -0.15) is 0 Å². The summed E-state index contributed by atoms with van der Waals surface area (Å²) in [5, 5.41) is 10.8. The van der Waals surface area contributed by atoms with Crippen molar-refractivity contribution in [2.24, 2.45) is 5.41 Å². The van der Waals surface area contributed by atoms with Gasteiger partial charge in [-0.3, -0.25) is 14.9 Å². The quantitative estimate of drug-likeness (QED) is 0.478. The predicted octanol–water partition coefficient (Wildman–Crippen LogP) is 2.91. The van der Waals surface area contributed by atoms with Crippen LogP contribution in [0.1, 0.15) is 37.0 Å². The second-order valence-electron chi connectivity index (χ2n) is 5.75. The summed E-state index contributed by atoms with van der Waals surface area (Å²) in [6.07, 6.45) is 3.25. The van der Waals surface area contributed by atoms with Crippen LogP contribution in [0, 0.1) is 15.5 Å². The van der Waals surface area contributed by atoms with Crippen molar-refractivity contribution >= 4 is 23.2 Å². The molecule has 1 aromatic heterocycles. The Hall–Kier alpha value is -1.69. The second kappa shape index (κ2) is 5.36. The largest absolute Gasteiger partial charge is 0.338 e. The highest BCUT2D eigenvalue weighted by Crippen LogP contribution is 2.32. The molecule has 20 heavy (non-hydrogen) atoms. The van der Waals surface area contributed by atoms with Gasteiger partial charge in [0, 0.05) is 19.3 Å². The van der Waals surface area contributed by atoms with E-state index in [4.69, 9.17) is 11.6 Å². The van der Waals surface area contributed by atoms with Crippen LogP contribution < -0.4 is 0 Å². The third-order valence-electron chi connectivity index (χ3n) is 3.48. The molecule has 0 spiro atoms. The van der Waals surface area contributed by atoms with Gasteiger partial charge in [0.05, 0.1) is 4.92 Å². The lowest BCUT2D eigenvalue weighted by atomic mass is 9.84. The highest BCUT2D eigenvalue weighted by Gasteiger charge is 2.33. The van der Waals surface area contributed by atoms with E-state index in [1.54, 1.807) is 4.90 Å². The molecule has 0 radical (unpaired) electrons. The molecule has 2 rings (SSSR count). The Morgan fingerprint density at radius 2 is 2.25 bits per heavy atom. The van der Waals surface area contributed by atoms with Gasteiger partial charge in [-0.15, -0.1) is 0 Å². The molecular weight excluding hydrogens is 282 g/mol. The van der Waals surface area contributed by atoms with E-state index in [0.717, 1.165) is 12.8 Å². The van der Waals surface area contributed by atoms with E-state index in [0.29, 0.717) is 13.1 Å². The summed E-state index contributed by atoms with van der Waals surface area (Å²) in [4.78, 5) is 28.2. The van der Waals surface area contributed by atoms with Crippen LogP contribution in [0.2, 0.25) is 5.15 Å². The van der Waals surface area contributed by atoms with Crippen LogP contribution in [-0.4, -0.2) is 33.8 Å². The maximum Gasteiger partial charge on any atom is 0.319 e. The number of rotatable bonds is 2. The van der Waals surface area contributed by atoms with Crippen molar-refractivity contribution in [1.82, 2.24) is 9.88 Å². The van der Waals surface area contributed by atoms with Gasteiger partial charge in [0.25, 0.3) is 5.91 Å². The molecule has 1 aliphatic heterocycles. The number of piperidine rings is 1. The zero-order valence-corrected chi connectivity index (χ0v) is 12.2. The summed E-state index contributed by atoms with van der Waals surface area (Å²) in [6, 6.07) is 1.36. The molecule has 0 bridgehead atoms. The first-order valence-corrected chi connectivity index (χ1v) is 6.78. The number of nitro groups is 1. The molecule has 2 heterocycles. The number of nitrogens with zero attached hydrogens (tertiary/aromatic N) is 3. The molecule has 0 aromatic carbocycles. The zero-order chi connectivity index (χ0) is 14.9. The Labute approximate surface area is 121 Å². The van der Waals surface area contributed by atoms with E-state index in [1.807, 2.05) is 0 Å². The van der Waals surface area contributed by atoms with E-state index in [-0.39, 0.29) is 22.0 Å². The molecule has 1 aliphatic rings. The number of halogens is 1. The molecule has 1 aromatic rings. The Morgan fingerprint density at radius 3 is 2.85 bits per heavy atom. The maximum atomic E-state index is 12.5. The lowest BCUT2D eigenvalue weighted by molar-refractivity contribution is -0.385. The van der Waals surface area contributed by atoms with Crippen LogP contribution >= 0.6 is 11.6 Å². The first-order valence-electron chi connectivity index (χ1n) is 6.40. The highest BCUT2D eigenvalue weighted by molar-refractivity contribution is 6.32. The number of hydrogen-bond donors (Lipinski definition) is 0. The van der Waals surface area contributed by atoms with Crippen LogP contribution in [0.3, 0.4) is 0 Å². The zero-order valence-electron chi connectivity index (χ0n) is 11.4. The number of likely N-dealkylation sites (tertiary alicyclic amines) is 1. The van der Waals surface area contributed by atoms with Gasteiger partial charge in [-0.25, -0.2) is 4.98 Å². The number of hydrogen-bond acceptors (Lipinski definition) is 4. The maximum absolute atomic E-state index is 12.5. The fourth-order valence-corrected chi connectivity index (χ4v) is 2.77. The summed E-state index contributed by atoms with van der Waals surface area (Å²) in [6.45, 7) is 5.36. The molecule has 108 valence electrons. The SMILES string of the molecule is CC1(C)CCCN(C(=O)c2ccnc(Cl)c2[N+](=O)[O-])C1. The van der Waals surface area contributed by atoms with Gasteiger partial charge in [-0.1, -0.05) is 25.4 Å². The van der Waals surface area contributed by atoms with Crippen LogP contribution in [0.4, 0.5) is 5.69 Å². The minimum atomic E-state index is -0.655. The van der Waals surface area contributed by atoms with Crippen molar-refractivity contribution < 1.29 is 9.72 Å². The van der Waals surface area contributed by atoms with Crippen molar-refractivity contribution in [3.63, 3.8) is 0 Å². The van der Waals surface area contributed by atoms with Crippen molar-refractivity contribution in [3.05, 3.63) is 33.1 Å². The van der Waals surface area contributed by atoms with Gasteiger partial charge < -0.3 is 4.90 Å². The summed E-state index contributed by atoms with van der Waals surface area (Å²) in [5.74, 6) is -0.353. The summed E-state index contributed by atoms with van der Waals surface area (Å²) >= 11 is 5.74. The average Bonchev–Trinajstić information content (AvgIpc) is 2.35. The van der Waals surface area contributed by atoms with Gasteiger partial charge >= 0.3 is 5.69 Å². The van der Waals surface area contributed by atoms with E-state index in [2.05, 4.69) is 18.8 Å². The number of carbonyl (C=O) groups is 1. The lowest BCUT2D eigenvalue weighted by Gasteiger charge is -2.38. The van der Waals surface area contributed by atoms with E-state index in [1.165, 1.54) is 12.3 Å². The molecule has 0 aliphatic carbocycles. The molecule has 1 amide bonds. The molecule has 1 fully saturated rings. The number of aromatic nitrogens is 1. The van der Waals surface area contributed by atoms with Crippen LogP contribution in [0.5, 0.6) is 0 Å². The van der Waals surface area contributed by atoms with Crippen LogP contribution in [0.25, 0.3) is 0 Å². The monoisotopic (exact) mass is 297 g/mol. The normalized spacial score (nSPS) is 17.9. The Kier molecular flexibility index (Phi) is 3.94. The fourth-order valence-electron chi connectivity index (χ4n) is 2.54. The summed E-state index contributed by atoms with van der Waals surface area (Å²) < 4.78 is 0. The number of pyridine rings is 1. The lowest BCUT2D eigenvalue weighted by Crippen LogP contribution is -2.43. The molecule has 1 saturated heterocycles. The second-order valence-corrected chi connectivity index (χ2v) is 6.11.